The summed E-state index contributed by atoms with van der Waals surface area (Å²) in [6.07, 6.45) is -4.68. The van der Waals surface area contributed by atoms with Crippen LogP contribution in [0.15, 0.2) is 84.9 Å². The second-order valence-electron chi connectivity index (χ2n) is 12.6. The van der Waals surface area contributed by atoms with Gasteiger partial charge in [0, 0.05) is 19.5 Å². The topological polar surface area (TPSA) is 154 Å². The lowest BCUT2D eigenvalue weighted by molar-refractivity contribution is -0.274. The van der Waals surface area contributed by atoms with E-state index < -0.39 is 54.2 Å². The van der Waals surface area contributed by atoms with Crippen molar-refractivity contribution in [1.29, 1.82) is 0 Å². The van der Waals surface area contributed by atoms with E-state index >= 15 is 0 Å². The minimum absolute atomic E-state index is 0.0113. The fourth-order valence-electron chi connectivity index (χ4n) is 5.89. The van der Waals surface area contributed by atoms with Gasteiger partial charge < -0.3 is 45.5 Å². The Kier molecular flexibility index (Phi) is 11.6. The Balaban J connectivity index is 1.50. The Labute approximate surface area is 264 Å². The van der Waals surface area contributed by atoms with Crippen LogP contribution in [0.25, 0.3) is 0 Å². The molecule has 5 N–H and O–H groups in total. The summed E-state index contributed by atoms with van der Waals surface area (Å²) in [4.78, 5) is 26.4. The van der Waals surface area contributed by atoms with Gasteiger partial charge in [-0.1, -0.05) is 84.9 Å². The fraction of sp³-hybridized carbons (Fsp3) is 0.429. The number of carboxylic acid groups (broad SMARTS) is 1. The summed E-state index contributed by atoms with van der Waals surface area (Å²) in [5.41, 5.74) is 2.51. The molecule has 1 aliphatic rings. The molecule has 1 aliphatic carbocycles. The first kappa shape index (κ1) is 33.9. The smallest absolute Gasteiger partial charge is 0.407 e. The van der Waals surface area contributed by atoms with Crippen LogP contribution in [0.4, 0.5) is 9.59 Å². The summed E-state index contributed by atoms with van der Waals surface area (Å²) in [5, 5.41) is 52.2. The van der Waals surface area contributed by atoms with Crippen LogP contribution in [-0.2, 0) is 24.0 Å². The van der Waals surface area contributed by atoms with Crippen molar-refractivity contribution in [1.82, 2.24) is 15.5 Å². The van der Waals surface area contributed by atoms with Crippen LogP contribution in [0.3, 0.4) is 0 Å². The van der Waals surface area contributed by atoms with Crippen LogP contribution in [0.2, 0.25) is 0 Å². The quantitative estimate of drug-likeness (QED) is 0.196. The maximum atomic E-state index is 12.7. The number of alkyl carbamates (subject to hydrolysis) is 1. The summed E-state index contributed by atoms with van der Waals surface area (Å²) in [6.45, 7) is 5.17. The number of nitrogens with one attached hydrogen (secondary N) is 2. The summed E-state index contributed by atoms with van der Waals surface area (Å²) >= 11 is 0. The summed E-state index contributed by atoms with van der Waals surface area (Å²) in [6, 6.07) is 23.3. The van der Waals surface area contributed by atoms with Crippen LogP contribution in [-0.4, -0.2) is 81.5 Å². The van der Waals surface area contributed by atoms with E-state index in [1.807, 2.05) is 72.8 Å². The van der Waals surface area contributed by atoms with Crippen LogP contribution >= 0.6 is 0 Å². The molecule has 0 saturated heterocycles. The molecule has 0 fully saturated rings. The molecule has 2 unspecified atom stereocenters. The van der Waals surface area contributed by atoms with E-state index in [4.69, 9.17) is 4.74 Å². The standard InChI is InChI=1S/C35H45N3O7/c1-35(2,3)45-33(42)37-27(18-23-12-6-4-7-13-23)30(40)21-36-22-31(41)28(19-24-14-8-5-9-15-24)38(34(43)44)32-26-17-11-10-16-25(26)20-29(32)39/h4-17,27-32,36,39-41H,18-22H2,1-3H3,(H,37,42)(H,43,44)/p-1/t27-,28-,29?,30+,31+,32?/m0/s1. The van der Waals surface area contributed by atoms with Gasteiger partial charge in [0.2, 0.25) is 0 Å². The lowest BCUT2D eigenvalue weighted by atomic mass is 9.95. The molecule has 0 aromatic heterocycles. The number of carbonyl (C=O) groups is 2. The Morgan fingerprint density at radius 1 is 0.889 bits per heavy atom. The number of fused-ring (bicyclic) bond motifs is 1. The highest BCUT2D eigenvalue weighted by atomic mass is 16.6. The molecule has 0 bridgehead atoms. The number of benzene rings is 3. The van der Waals surface area contributed by atoms with Gasteiger partial charge in [0.1, 0.15) is 11.7 Å². The molecule has 10 nitrogen and oxygen atoms in total. The molecule has 0 radical (unpaired) electrons. The summed E-state index contributed by atoms with van der Waals surface area (Å²) in [7, 11) is 0. The maximum Gasteiger partial charge on any atom is 0.407 e. The van der Waals surface area contributed by atoms with Gasteiger partial charge in [0.25, 0.3) is 0 Å². The lowest BCUT2D eigenvalue weighted by Gasteiger charge is -2.42. The Hall–Kier alpha value is -3.96. The lowest BCUT2D eigenvalue weighted by Crippen LogP contribution is -2.58. The van der Waals surface area contributed by atoms with Crippen LogP contribution < -0.4 is 15.7 Å². The second kappa shape index (κ2) is 15.4. The highest BCUT2D eigenvalue weighted by molar-refractivity contribution is 5.68. The highest BCUT2D eigenvalue weighted by Gasteiger charge is 2.40. The van der Waals surface area contributed by atoms with Crippen molar-refractivity contribution < 1.29 is 34.8 Å². The van der Waals surface area contributed by atoms with Crippen LogP contribution in [0, 0.1) is 0 Å². The first-order valence-corrected chi connectivity index (χ1v) is 15.3. The minimum atomic E-state index is -1.50. The third kappa shape index (κ3) is 9.51. The Bertz CT molecular complexity index is 1380. The van der Waals surface area contributed by atoms with Gasteiger partial charge in [0.05, 0.1) is 36.4 Å². The third-order valence-electron chi connectivity index (χ3n) is 7.94. The third-order valence-corrected chi connectivity index (χ3v) is 7.94. The Morgan fingerprint density at radius 2 is 1.44 bits per heavy atom. The molecule has 3 aromatic carbocycles. The number of rotatable bonds is 13. The zero-order valence-electron chi connectivity index (χ0n) is 26.0. The van der Waals surface area contributed by atoms with Gasteiger partial charge in [-0.25, -0.2) is 4.79 Å². The molecule has 6 atom stereocenters. The van der Waals surface area contributed by atoms with E-state index in [1.54, 1.807) is 32.9 Å². The first-order chi connectivity index (χ1) is 21.4. The first-order valence-electron chi connectivity index (χ1n) is 15.3. The fourth-order valence-corrected chi connectivity index (χ4v) is 5.89. The molecular weight excluding hydrogens is 574 g/mol. The molecule has 0 aliphatic heterocycles. The number of ether oxygens (including phenoxy) is 1. The van der Waals surface area contributed by atoms with Crippen molar-refractivity contribution >= 4 is 12.2 Å². The molecule has 3 aromatic rings. The number of aliphatic hydroxyl groups is 3. The predicted molar refractivity (Wildman–Crippen MR) is 168 cm³/mol. The van der Waals surface area contributed by atoms with Gasteiger partial charge in [-0.15, -0.1) is 0 Å². The van der Waals surface area contributed by atoms with Crippen LogP contribution in [0.5, 0.6) is 0 Å². The van der Waals surface area contributed by atoms with Crippen molar-refractivity contribution in [3.05, 3.63) is 107 Å². The van der Waals surface area contributed by atoms with E-state index in [9.17, 15) is 30.0 Å². The molecule has 0 spiro atoms. The monoisotopic (exact) mass is 618 g/mol. The summed E-state index contributed by atoms with van der Waals surface area (Å²) < 4.78 is 5.41. The molecule has 4 rings (SSSR count). The number of hydrogen-bond donors (Lipinski definition) is 5. The zero-order valence-corrected chi connectivity index (χ0v) is 26.0. The number of amides is 2. The highest BCUT2D eigenvalue weighted by Crippen LogP contribution is 2.38. The average molecular weight is 619 g/mol. The second-order valence-corrected chi connectivity index (χ2v) is 12.6. The van der Waals surface area contributed by atoms with Crippen molar-refractivity contribution in [2.24, 2.45) is 0 Å². The number of nitrogens with zero attached hydrogens (tertiary/aromatic N) is 1. The van der Waals surface area contributed by atoms with E-state index in [0.717, 1.165) is 21.6 Å². The SMILES string of the molecule is CC(C)(C)OC(=O)N[C@@H](Cc1ccccc1)[C@H](O)CNC[C@@H](O)[C@H](Cc1ccccc1)N(C(=O)[O-])C1c2ccccc2CC1O. The van der Waals surface area contributed by atoms with Gasteiger partial charge >= 0.3 is 6.09 Å². The van der Waals surface area contributed by atoms with Gasteiger partial charge in [-0.05, 0) is 55.9 Å². The van der Waals surface area contributed by atoms with Crippen molar-refractivity contribution in [2.75, 3.05) is 13.1 Å². The summed E-state index contributed by atoms with van der Waals surface area (Å²) in [5.74, 6) is 0. The molecule has 242 valence electrons. The normalized spacial score (nSPS) is 18.7. The molecule has 2 amide bonds. The van der Waals surface area contributed by atoms with Gasteiger partial charge in [0.15, 0.2) is 0 Å². The van der Waals surface area contributed by atoms with E-state index in [-0.39, 0.29) is 25.9 Å². The van der Waals surface area contributed by atoms with E-state index in [2.05, 4.69) is 10.6 Å². The molecule has 0 saturated carbocycles. The number of carbonyl (C=O) groups excluding carboxylic acids is 2. The Morgan fingerprint density at radius 3 is 2.04 bits per heavy atom. The maximum absolute atomic E-state index is 12.7. The number of aliphatic hydroxyl groups excluding tert-OH is 3. The predicted octanol–water partition coefficient (Wildman–Crippen LogP) is 2.35. The molecule has 45 heavy (non-hydrogen) atoms. The molecule has 10 heteroatoms. The van der Waals surface area contributed by atoms with Gasteiger partial charge in [-0.2, -0.15) is 0 Å². The van der Waals surface area contributed by atoms with Crippen molar-refractivity contribution in [3.63, 3.8) is 0 Å². The number of hydrogen-bond acceptors (Lipinski definition) is 8. The molecule has 0 heterocycles. The van der Waals surface area contributed by atoms with Crippen molar-refractivity contribution in [3.8, 4) is 0 Å². The zero-order chi connectivity index (χ0) is 32.6. The largest absolute Gasteiger partial charge is 0.530 e. The average Bonchev–Trinajstić information content (AvgIpc) is 3.31. The minimum Gasteiger partial charge on any atom is -0.530 e. The van der Waals surface area contributed by atoms with Crippen LogP contribution in [0.1, 0.15) is 49.1 Å². The van der Waals surface area contributed by atoms with E-state index in [0.29, 0.717) is 12.0 Å². The molecular formula is C35H44N3O7-. The van der Waals surface area contributed by atoms with Crippen molar-refractivity contribution in [2.45, 2.75) is 82.1 Å². The van der Waals surface area contributed by atoms with Gasteiger partial charge in [-0.3, -0.25) is 0 Å². The van der Waals surface area contributed by atoms with E-state index in [1.165, 1.54) is 0 Å².